The number of thiazole rings is 1. The van der Waals surface area contributed by atoms with Crippen molar-refractivity contribution in [2.75, 3.05) is 13.4 Å². The average Bonchev–Trinajstić information content (AvgIpc) is 3.67. The van der Waals surface area contributed by atoms with Gasteiger partial charge in [-0.25, -0.2) is 19.8 Å². The van der Waals surface area contributed by atoms with E-state index >= 15 is 0 Å². The molecule has 0 saturated carbocycles. The van der Waals surface area contributed by atoms with Gasteiger partial charge in [-0.3, -0.25) is 9.36 Å². The van der Waals surface area contributed by atoms with Crippen LogP contribution in [0.15, 0.2) is 78.3 Å². The van der Waals surface area contributed by atoms with Crippen molar-refractivity contribution in [2.45, 2.75) is 49.9 Å². The third-order valence-corrected chi connectivity index (χ3v) is 8.23. The summed E-state index contributed by atoms with van der Waals surface area (Å²) in [5, 5.41) is 1.17. The highest BCUT2D eigenvalue weighted by Crippen LogP contribution is 2.39. The summed E-state index contributed by atoms with van der Waals surface area (Å²) in [6.07, 6.45) is 4.71. The monoisotopic (exact) mass is 590 g/mol. The lowest BCUT2D eigenvalue weighted by Gasteiger charge is -2.25. The van der Waals surface area contributed by atoms with E-state index in [0.717, 1.165) is 12.1 Å². The molecule has 2 aliphatic rings. The Hall–Kier alpha value is -4.16. The first-order chi connectivity index (χ1) is 19.9. The Bertz CT molecular complexity index is 1850. The minimum atomic E-state index is -0.746. The van der Waals surface area contributed by atoms with Crippen molar-refractivity contribution < 1.29 is 23.4 Å². The highest BCUT2D eigenvalue weighted by molar-refractivity contribution is 7.99. The maximum absolute atomic E-state index is 13.9. The number of nitrogens with zero attached hydrogens (tertiary/aromatic N) is 4. The molecular weight excluding hydrogens is 564 g/mol. The smallest absolute Gasteiger partial charge is 0.338 e. The van der Waals surface area contributed by atoms with E-state index in [-0.39, 0.29) is 19.0 Å². The number of hydrogen-bond donors (Lipinski definition) is 0. The van der Waals surface area contributed by atoms with E-state index in [1.165, 1.54) is 23.1 Å². The third kappa shape index (κ3) is 5.32. The number of fused-ring (bicyclic) bond motifs is 2. The zero-order chi connectivity index (χ0) is 28.5. The first kappa shape index (κ1) is 27.0. The number of allylic oxidation sites excluding steroid dienone is 1. The van der Waals surface area contributed by atoms with Crippen LogP contribution in [-0.4, -0.2) is 33.9 Å². The van der Waals surface area contributed by atoms with Crippen molar-refractivity contribution >= 4 is 35.1 Å². The molecular formula is C29H26N4O6S2. The first-order valence-corrected chi connectivity index (χ1v) is 14.8. The van der Waals surface area contributed by atoms with Gasteiger partial charge in [0.15, 0.2) is 26.5 Å². The van der Waals surface area contributed by atoms with Crippen LogP contribution in [-0.2, 0) is 9.53 Å². The van der Waals surface area contributed by atoms with Crippen LogP contribution >= 0.6 is 23.1 Å². The zero-order valence-electron chi connectivity index (χ0n) is 22.6. The molecule has 41 heavy (non-hydrogen) atoms. The number of furan rings is 1. The standard InChI is InChI=1S/C29H26N4O6S2/c1-4-6-19-24(27(35)36-5-2)25(17-7-9-20-21(13-17)38-15-37-20)33-26(34)22(40-29(33)32-19)14-18-8-10-23(39-18)41-28-30-12-11-16(3)31-28/h7-14,25H,4-6,15H2,1-3H3/b22-14+/t25-/m1/s1. The summed E-state index contributed by atoms with van der Waals surface area (Å²) in [5.41, 5.74) is 2.22. The Balaban J connectivity index is 1.46. The molecule has 6 rings (SSSR count). The summed E-state index contributed by atoms with van der Waals surface area (Å²) in [6.45, 7) is 5.98. The maximum Gasteiger partial charge on any atom is 0.338 e. The fourth-order valence-corrected chi connectivity index (χ4v) is 6.44. The minimum Gasteiger partial charge on any atom is -0.463 e. The summed E-state index contributed by atoms with van der Waals surface area (Å²) in [4.78, 5) is 41.2. The molecule has 1 aromatic carbocycles. The molecule has 0 N–H and O–H groups in total. The lowest BCUT2D eigenvalue weighted by molar-refractivity contribution is -0.139. The summed E-state index contributed by atoms with van der Waals surface area (Å²) in [6, 6.07) is 10.1. The summed E-state index contributed by atoms with van der Waals surface area (Å²) < 4.78 is 24.5. The second-order valence-electron chi connectivity index (χ2n) is 9.27. The van der Waals surface area contributed by atoms with Gasteiger partial charge in [-0.15, -0.1) is 0 Å². The number of rotatable bonds is 8. The van der Waals surface area contributed by atoms with Crippen molar-refractivity contribution in [3.05, 3.63) is 90.6 Å². The van der Waals surface area contributed by atoms with Gasteiger partial charge in [-0.05, 0) is 67.9 Å². The van der Waals surface area contributed by atoms with Crippen LogP contribution in [0.4, 0.5) is 0 Å². The van der Waals surface area contributed by atoms with Gasteiger partial charge in [0, 0.05) is 18.0 Å². The van der Waals surface area contributed by atoms with Gasteiger partial charge < -0.3 is 18.6 Å². The number of carbonyl (C=O) groups is 1. The molecule has 1 atom stereocenters. The predicted octanol–water partition coefficient (Wildman–Crippen LogP) is 4.15. The Morgan fingerprint density at radius 2 is 2.05 bits per heavy atom. The van der Waals surface area contributed by atoms with Gasteiger partial charge in [0.1, 0.15) is 5.76 Å². The molecule has 2 aliphatic heterocycles. The molecule has 210 valence electrons. The van der Waals surface area contributed by atoms with Crippen LogP contribution in [0.2, 0.25) is 0 Å². The number of aryl methyl sites for hydroxylation is 1. The highest BCUT2D eigenvalue weighted by atomic mass is 32.2. The topological polar surface area (TPSA) is 118 Å². The predicted molar refractivity (Wildman–Crippen MR) is 152 cm³/mol. The molecule has 0 radical (unpaired) electrons. The summed E-state index contributed by atoms with van der Waals surface area (Å²) in [7, 11) is 0. The maximum atomic E-state index is 13.9. The number of esters is 1. The minimum absolute atomic E-state index is 0.114. The molecule has 4 aromatic rings. The molecule has 0 amide bonds. The summed E-state index contributed by atoms with van der Waals surface area (Å²) in [5.74, 6) is 1.17. The van der Waals surface area contributed by atoms with Crippen molar-refractivity contribution in [3.63, 3.8) is 0 Å². The number of hydrogen-bond acceptors (Lipinski definition) is 11. The van der Waals surface area contributed by atoms with Crippen molar-refractivity contribution in [1.29, 1.82) is 0 Å². The normalized spacial score (nSPS) is 16.1. The molecule has 12 heteroatoms. The van der Waals surface area contributed by atoms with Crippen molar-refractivity contribution in [1.82, 2.24) is 14.5 Å². The second kappa shape index (κ2) is 11.4. The van der Waals surface area contributed by atoms with E-state index in [9.17, 15) is 9.59 Å². The molecule has 0 bridgehead atoms. The van der Waals surface area contributed by atoms with Crippen LogP contribution in [0.3, 0.4) is 0 Å². The molecule has 0 saturated heterocycles. The Morgan fingerprint density at radius 1 is 1.20 bits per heavy atom. The lowest BCUT2D eigenvalue weighted by atomic mass is 9.94. The molecule has 10 nitrogen and oxygen atoms in total. The van der Waals surface area contributed by atoms with Crippen LogP contribution in [0, 0.1) is 6.92 Å². The summed E-state index contributed by atoms with van der Waals surface area (Å²) >= 11 is 2.55. The lowest BCUT2D eigenvalue weighted by Crippen LogP contribution is -2.40. The third-order valence-electron chi connectivity index (χ3n) is 6.44. The van der Waals surface area contributed by atoms with Gasteiger partial charge in [0.25, 0.3) is 5.56 Å². The molecule has 0 fully saturated rings. The fraction of sp³-hybridized carbons (Fsp3) is 0.276. The van der Waals surface area contributed by atoms with Crippen LogP contribution in [0.1, 0.15) is 49.7 Å². The van der Waals surface area contributed by atoms with E-state index in [0.29, 0.717) is 60.1 Å². The van der Waals surface area contributed by atoms with E-state index in [2.05, 4.69) is 9.97 Å². The van der Waals surface area contributed by atoms with Crippen LogP contribution in [0.5, 0.6) is 11.5 Å². The van der Waals surface area contributed by atoms with Gasteiger partial charge in [0.2, 0.25) is 6.79 Å². The molecule has 0 unspecified atom stereocenters. The van der Waals surface area contributed by atoms with E-state index in [4.69, 9.17) is 23.6 Å². The van der Waals surface area contributed by atoms with Gasteiger partial charge in [0.05, 0.1) is 28.5 Å². The largest absolute Gasteiger partial charge is 0.463 e. The molecule has 0 spiro atoms. The van der Waals surface area contributed by atoms with Crippen molar-refractivity contribution in [3.8, 4) is 11.5 Å². The fourth-order valence-electron chi connectivity index (χ4n) is 4.68. The molecule has 3 aromatic heterocycles. The van der Waals surface area contributed by atoms with Crippen LogP contribution in [0.25, 0.3) is 6.08 Å². The van der Waals surface area contributed by atoms with Gasteiger partial charge in [-0.1, -0.05) is 30.7 Å². The quantitative estimate of drug-likeness (QED) is 0.220. The number of carbonyl (C=O) groups excluding carboxylic acids is 1. The Morgan fingerprint density at radius 3 is 2.85 bits per heavy atom. The second-order valence-corrected chi connectivity index (χ2v) is 11.2. The van der Waals surface area contributed by atoms with Gasteiger partial charge >= 0.3 is 5.97 Å². The van der Waals surface area contributed by atoms with Crippen LogP contribution < -0.4 is 24.4 Å². The van der Waals surface area contributed by atoms with Gasteiger partial charge in [-0.2, -0.15) is 0 Å². The number of aromatic nitrogens is 3. The zero-order valence-corrected chi connectivity index (χ0v) is 24.2. The first-order valence-electron chi connectivity index (χ1n) is 13.1. The number of benzene rings is 1. The van der Waals surface area contributed by atoms with E-state index in [1.807, 2.05) is 38.1 Å². The molecule has 5 heterocycles. The number of ether oxygens (including phenoxy) is 3. The average molecular weight is 591 g/mol. The van der Waals surface area contributed by atoms with E-state index in [1.54, 1.807) is 35.9 Å². The SMILES string of the molecule is CCCC1=C(C(=O)OCC)[C@@H](c2ccc3c(c2)OCO3)n2c(s/c(=C/c3ccc(Sc4nccc(C)n4)o3)c2=O)=N1. The highest BCUT2D eigenvalue weighted by Gasteiger charge is 2.35. The Labute approximate surface area is 243 Å². The Kier molecular flexibility index (Phi) is 7.50. The molecule has 0 aliphatic carbocycles. The van der Waals surface area contributed by atoms with E-state index < -0.39 is 12.0 Å². The van der Waals surface area contributed by atoms with Crippen molar-refractivity contribution in [2.24, 2.45) is 4.99 Å².